The highest BCUT2D eigenvalue weighted by atomic mass is 32.2. The van der Waals surface area contributed by atoms with Gasteiger partial charge in [-0.1, -0.05) is 143 Å². The molecular formula is C44H35NS. The summed E-state index contributed by atoms with van der Waals surface area (Å²) in [6.45, 7) is 9.57. The normalized spacial score (nSPS) is 15.2. The van der Waals surface area contributed by atoms with E-state index in [9.17, 15) is 0 Å². The minimum absolute atomic E-state index is 0.0345. The van der Waals surface area contributed by atoms with E-state index in [1.807, 2.05) is 11.8 Å². The summed E-state index contributed by atoms with van der Waals surface area (Å²) in [5.41, 5.74) is 11.8. The summed E-state index contributed by atoms with van der Waals surface area (Å²) >= 11 is 1.97. The maximum absolute atomic E-state index is 2.49. The molecule has 7 aromatic carbocycles. The van der Waals surface area contributed by atoms with Crippen LogP contribution in [0.4, 0.5) is 17.1 Å². The summed E-state index contributed by atoms with van der Waals surface area (Å²) in [5.74, 6) is 0. The summed E-state index contributed by atoms with van der Waals surface area (Å²) < 4.78 is 0. The predicted molar refractivity (Wildman–Crippen MR) is 196 cm³/mol. The number of anilines is 3. The number of hydrogen-bond acceptors (Lipinski definition) is 2. The number of hydrogen-bond donors (Lipinski definition) is 0. The number of benzene rings is 7. The molecule has 2 heteroatoms. The van der Waals surface area contributed by atoms with Crippen molar-refractivity contribution in [2.45, 2.75) is 48.3 Å². The van der Waals surface area contributed by atoms with Crippen LogP contribution in [0.5, 0.6) is 0 Å². The fourth-order valence-electron chi connectivity index (χ4n) is 8.04. The minimum Gasteiger partial charge on any atom is -0.309 e. The van der Waals surface area contributed by atoms with E-state index in [0.29, 0.717) is 0 Å². The van der Waals surface area contributed by atoms with Gasteiger partial charge < -0.3 is 4.90 Å². The van der Waals surface area contributed by atoms with E-state index in [4.69, 9.17) is 0 Å². The Morgan fingerprint density at radius 2 is 1.04 bits per heavy atom. The Kier molecular flexibility index (Phi) is 5.89. The second-order valence-electron chi connectivity index (χ2n) is 13.8. The van der Waals surface area contributed by atoms with Gasteiger partial charge in [-0.2, -0.15) is 0 Å². The third-order valence-corrected chi connectivity index (χ3v) is 11.7. The minimum atomic E-state index is -0.167. The van der Waals surface area contributed by atoms with E-state index >= 15 is 0 Å². The number of para-hydroxylation sites is 1. The van der Waals surface area contributed by atoms with Crippen molar-refractivity contribution < 1.29 is 0 Å². The van der Waals surface area contributed by atoms with Gasteiger partial charge in [-0.15, -0.1) is 0 Å². The number of nitrogens with zero attached hydrogens (tertiary/aromatic N) is 1. The van der Waals surface area contributed by atoms with E-state index in [1.54, 1.807) is 0 Å². The first-order valence-electron chi connectivity index (χ1n) is 16.2. The molecule has 1 aliphatic heterocycles. The lowest BCUT2D eigenvalue weighted by atomic mass is 9.75. The van der Waals surface area contributed by atoms with Crippen molar-refractivity contribution in [3.05, 3.63) is 162 Å². The van der Waals surface area contributed by atoms with Crippen LogP contribution >= 0.6 is 11.8 Å². The molecule has 0 aromatic heterocycles. The monoisotopic (exact) mass is 609 g/mol. The second-order valence-corrected chi connectivity index (χ2v) is 14.8. The largest absolute Gasteiger partial charge is 0.309 e. The molecule has 0 atom stereocenters. The highest BCUT2D eigenvalue weighted by Gasteiger charge is 2.42. The van der Waals surface area contributed by atoms with Gasteiger partial charge in [0, 0.05) is 37.3 Å². The first-order valence-corrected chi connectivity index (χ1v) is 17.0. The van der Waals surface area contributed by atoms with Gasteiger partial charge in [-0.05, 0) is 80.4 Å². The number of fused-ring (bicyclic) bond motifs is 8. The fraction of sp³-hybridized carbons (Fsp3) is 0.136. The van der Waals surface area contributed by atoms with Gasteiger partial charge in [-0.3, -0.25) is 0 Å². The van der Waals surface area contributed by atoms with Gasteiger partial charge in [0.05, 0.1) is 11.4 Å². The first kappa shape index (κ1) is 27.5. The zero-order chi connectivity index (χ0) is 31.2. The van der Waals surface area contributed by atoms with Crippen molar-refractivity contribution in [2.75, 3.05) is 4.90 Å². The van der Waals surface area contributed by atoms with E-state index < -0.39 is 0 Å². The van der Waals surface area contributed by atoms with Gasteiger partial charge in [0.1, 0.15) is 0 Å². The van der Waals surface area contributed by atoms with Crippen LogP contribution in [0.25, 0.3) is 32.7 Å². The first-order chi connectivity index (χ1) is 22.3. The molecule has 0 unspecified atom stereocenters. The van der Waals surface area contributed by atoms with Crippen LogP contribution in [0.15, 0.2) is 149 Å². The van der Waals surface area contributed by atoms with E-state index in [0.717, 1.165) is 5.69 Å². The Morgan fingerprint density at radius 1 is 0.457 bits per heavy atom. The molecule has 7 aromatic rings. The molecule has 0 saturated carbocycles. The molecule has 46 heavy (non-hydrogen) atoms. The van der Waals surface area contributed by atoms with Crippen molar-refractivity contribution >= 4 is 50.4 Å². The Balaban J connectivity index is 1.32. The molecule has 0 saturated heterocycles. The molecule has 0 N–H and O–H groups in total. The fourth-order valence-corrected chi connectivity index (χ4v) is 9.69. The molecular weight excluding hydrogens is 575 g/mol. The Bertz CT molecular complexity index is 2350. The van der Waals surface area contributed by atoms with Crippen LogP contribution in [0.1, 0.15) is 49.9 Å². The van der Waals surface area contributed by atoms with Gasteiger partial charge in [-0.25, -0.2) is 0 Å². The van der Waals surface area contributed by atoms with Crippen LogP contribution in [0.3, 0.4) is 0 Å². The maximum Gasteiger partial charge on any atom is 0.0604 e. The highest BCUT2D eigenvalue weighted by Crippen LogP contribution is 2.60. The third-order valence-electron chi connectivity index (χ3n) is 10.5. The zero-order valence-electron chi connectivity index (χ0n) is 26.6. The van der Waals surface area contributed by atoms with Gasteiger partial charge in [0.25, 0.3) is 0 Å². The molecule has 222 valence electrons. The molecule has 0 radical (unpaired) electrons. The van der Waals surface area contributed by atoms with Crippen LogP contribution < -0.4 is 4.90 Å². The van der Waals surface area contributed by atoms with Gasteiger partial charge in [0.15, 0.2) is 0 Å². The third kappa shape index (κ3) is 3.83. The average molecular weight is 610 g/mol. The smallest absolute Gasteiger partial charge is 0.0604 e. The predicted octanol–water partition coefficient (Wildman–Crippen LogP) is 12.6. The summed E-state index contributed by atoms with van der Waals surface area (Å²) in [4.78, 5) is 5.22. The zero-order valence-corrected chi connectivity index (χ0v) is 27.5. The van der Waals surface area contributed by atoms with Crippen LogP contribution in [-0.4, -0.2) is 0 Å². The quantitative estimate of drug-likeness (QED) is 0.183. The maximum atomic E-state index is 2.49. The van der Waals surface area contributed by atoms with Crippen molar-refractivity contribution in [3.63, 3.8) is 0 Å². The molecule has 0 amide bonds. The Labute approximate surface area is 275 Å². The lowest BCUT2D eigenvalue weighted by Gasteiger charge is -2.39. The van der Waals surface area contributed by atoms with Crippen molar-refractivity contribution in [2.24, 2.45) is 0 Å². The van der Waals surface area contributed by atoms with Crippen LogP contribution in [0, 0.1) is 0 Å². The highest BCUT2D eigenvalue weighted by molar-refractivity contribution is 7.99. The summed E-state index contributed by atoms with van der Waals surface area (Å²) in [5, 5.41) is 5.02. The summed E-state index contributed by atoms with van der Waals surface area (Å²) in [6, 6.07) is 51.8. The van der Waals surface area contributed by atoms with Gasteiger partial charge >= 0.3 is 0 Å². The molecule has 0 spiro atoms. The average Bonchev–Trinajstić information content (AvgIpc) is 3.31. The Morgan fingerprint density at radius 3 is 1.87 bits per heavy atom. The molecule has 1 nitrogen and oxygen atoms in total. The summed E-state index contributed by atoms with van der Waals surface area (Å²) in [7, 11) is 0. The molecule has 2 aliphatic rings. The SMILES string of the molecule is CC1(C)c2cccc(N(c3ccccc3)c3cccc4cc5ccccc5cc34)c2Sc2c1ccc1c2-c2ccccc2C1(C)C. The summed E-state index contributed by atoms with van der Waals surface area (Å²) in [6.07, 6.45) is 0. The lowest BCUT2D eigenvalue weighted by Crippen LogP contribution is -2.26. The van der Waals surface area contributed by atoms with Crippen LogP contribution in [-0.2, 0) is 10.8 Å². The number of rotatable bonds is 3. The molecule has 0 fully saturated rings. The molecule has 1 aliphatic carbocycles. The van der Waals surface area contributed by atoms with E-state index in [2.05, 4.69) is 172 Å². The van der Waals surface area contributed by atoms with Crippen molar-refractivity contribution in [3.8, 4) is 11.1 Å². The van der Waals surface area contributed by atoms with E-state index in [1.165, 1.54) is 76.1 Å². The molecule has 9 rings (SSSR count). The molecule has 0 bridgehead atoms. The molecule has 1 heterocycles. The Hall–Kier alpha value is -4.79. The lowest BCUT2D eigenvalue weighted by molar-refractivity contribution is 0.604. The topological polar surface area (TPSA) is 3.24 Å². The van der Waals surface area contributed by atoms with Crippen molar-refractivity contribution in [1.82, 2.24) is 0 Å². The van der Waals surface area contributed by atoms with Gasteiger partial charge in [0.2, 0.25) is 0 Å². The second kappa shape index (κ2) is 9.85. The van der Waals surface area contributed by atoms with Crippen LogP contribution in [0.2, 0.25) is 0 Å². The van der Waals surface area contributed by atoms with E-state index in [-0.39, 0.29) is 10.8 Å². The van der Waals surface area contributed by atoms with Crippen molar-refractivity contribution in [1.29, 1.82) is 0 Å². The standard InChI is InChI=1S/C44H35NS/c1-43(2)34-20-11-10-19-32(34)40-35(43)24-25-37-42(40)46-41-36(44(37,3)4)21-13-23-39(41)45(31-17-6-5-7-18-31)38-22-12-16-30-26-28-14-8-9-15-29(28)27-33(30)38/h5-27H,1-4H3.